The van der Waals surface area contributed by atoms with Crippen LogP contribution in [0.15, 0.2) is 48.5 Å². The minimum atomic E-state index is -0.708. The predicted octanol–water partition coefficient (Wildman–Crippen LogP) is 1.86. The van der Waals surface area contributed by atoms with Crippen molar-refractivity contribution in [2.75, 3.05) is 30.0 Å². The standard InChI is InChI=1S/C20H17N3O5/c21-11-14-5-7-15(8-6-14)22-18(24)13-28-20(26)12-23-16-3-1-2-4-17(16)27-10-9-19(23)25/h1-8H,9-10,12-13H2,(H,22,24). The maximum atomic E-state index is 12.3. The quantitative estimate of drug-likeness (QED) is 0.794. The van der Waals surface area contributed by atoms with Gasteiger partial charge in [0, 0.05) is 5.69 Å². The fourth-order valence-electron chi connectivity index (χ4n) is 2.64. The van der Waals surface area contributed by atoms with E-state index in [4.69, 9.17) is 14.7 Å². The van der Waals surface area contributed by atoms with E-state index in [1.807, 2.05) is 6.07 Å². The molecule has 1 N–H and O–H groups in total. The highest BCUT2D eigenvalue weighted by atomic mass is 16.5. The summed E-state index contributed by atoms with van der Waals surface area (Å²) in [6.45, 7) is -0.573. The summed E-state index contributed by atoms with van der Waals surface area (Å²) in [6.07, 6.45) is 0.140. The Morgan fingerprint density at radius 3 is 2.68 bits per heavy atom. The van der Waals surface area contributed by atoms with Crippen LogP contribution in [-0.4, -0.2) is 37.5 Å². The third-order valence-corrected chi connectivity index (χ3v) is 3.98. The van der Waals surface area contributed by atoms with E-state index in [2.05, 4.69) is 5.32 Å². The van der Waals surface area contributed by atoms with Crippen LogP contribution in [0.4, 0.5) is 11.4 Å². The lowest BCUT2D eigenvalue weighted by Gasteiger charge is -2.20. The van der Waals surface area contributed by atoms with E-state index in [0.29, 0.717) is 22.7 Å². The second-order valence-electron chi connectivity index (χ2n) is 5.94. The van der Waals surface area contributed by atoms with E-state index in [0.717, 1.165) is 0 Å². The minimum Gasteiger partial charge on any atom is -0.491 e. The molecule has 142 valence electrons. The molecule has 8 nitrogen and oxygen atoms in total. The lowest BCUT2D eigenvalue weighted by Crippen LogP contribution is -2.36. The smallest absolute Gasteiger partial charge is 0.326 e. The predicted molar refractivity (Wildman–Crippen MR) is 99.7 cm³/mol. The number of ether oxygens (including phenoxy) is 2. The third kappa shape index (κ3) is 4.65. The third-order valence-electron chi connectivity index (χ3n) is 3.98. The van der Waals surface area contributed by atoms with E-state index in [1.54, 1.807) is 48.5 Å². The van der Waals surface area contributed by atoms with E-state index in [-0.39, 0.29) is 25.5 Å². The van der Waals surface area contributed by atoms with Gasteiger partial charge in [-0.2, -0.15) is 5.26 Å². The summed E-state index contributed by atoms with van der Waals surface area (Å²) in [6, 6.07) is 15.2. The first-order valence-corrected chi connectivity index (χ1v) is 8.54. The van der Waals surface area contributed by atoms with Gasteiger partial charge in [0.15, 0.2) is 6.61 Å². The van der Waals surface area contributed by atoms with E-state index in [9.17, 15) is 14.4 Å². The zero-order chi connectivity index (χ0) is 19.9. The molecule has 0 spiro atoms. The summed E-state index contributed by atoms with van der Waals surface area (Å²) < 4.78 is 10.5. The molecular weight excluding hydrogens is 362 g/mol. The zero-order valence-electron chi connectivity index (χ0n) is 14.9. The van der Waals surface area contributed by atoms with Gasteiger partial charge in [0.1, 0.15) is 12.3 Å². The molecule has 0 unspecified atom stereocenters. The van der Waals surface area contributed by atoms with Crippen molar-refractivity contribution in [2.24, 2.45) is 0 Å². The molecule has 1 heterocycles. The molecule has 0 saturated carbocycles. The molecular formula is C20H17N3O5. The average molecular weight is 379 g/mol. The van der Waals surface area contributed by atoms with Gasteiger partial charge in [-0.15, -0.1) is 0 Å². The lowest BCUT2D eigenvalue weighted by molar-refractivity contribution is -0.146. The Balaban J connectivity index is 1.55. The molecule has 1 aliphatic rings. The number of carbonyl (C=O) groups is 3. The van der Waals surface area contributed by atoms with Gasteiger partial charge in [0.05, 0.1) is 30.3 Å². The van der Waals surface area contributed by atoms with E-state index < -0.39 is 18.5 Å². The van der Waals surface area contributed by atoms with Crippen molar-refractivity contribution in [3.63, 3.8) is 0 Å². The van der Waals surface area contributed by atoms with Gasteiger partial charge in [-0.3, -0.25) is 19.3 Å². The summed E-state index contributed by atoms with van der Waals surface area (Å²) in [5, 5.41) is 11.3. The van der Waals surface area contributed by atoms with Crippen LogP contribution >= 0.6 is 0 Å². The second kappa shape index (κ2) is 8.68. The van der Waals surface area contributed by atoms with Gasteiger partial charge in [0.2, 0.25) is 5.91 Å². The van der Waals surface area contributed by atoms with Crippen molar-refractivity contribution in [1.29, 1.82) is 5.26 Å². The summed E-state index contributed by atoms with van der Waals surface area (Å²) in [7, 11) is 0. The highest BCUT2D eigenvalue weighted by Crippen LogP contribution is 2.30. The highest BCUT2D eigenvalue weighted by molar-refractivity contribution is 6.00. The van der Waals surface area contributed by atoms with E-state index in [1.165, 1.54) is 4.90 Å². The van der Waals surface area contributed by atoms with Gasteiger partial charge >= 0.3 is 5.97 Å². The van der Waals surface area contributed by atoms with Crippen LogP contribution in [0.3, 0.4) is 0 Å². The topological polar surface area (TPSA) is 109 Å². The van der Waals surface area contributed by atoms with Crippen LogP contribution in [0.25, 0.3) is 0 Å². The Labute approximate surface area is 161 Å². The molecule has 0 aromatic heterocycles. The lowest BCUT2D eigenvalue weighted by atomic mass is 10.2. The first-order chi connectivity index (χ1) is 13.6. The molecule has 3 rings (SSSR count). The number of nitrogens with one attached hydrogen (secondary N) is 1. The number of para-hydroxylation sites is 2. The minimum absolute atomic E-state index is 0.140. The molecule has 28 heavy (non-hydrogen) atoms. The number of anilines is 2. The molecule has 0 aliphatic carbocycles. The van der Waals surface area contributed by atoms with Crippen LogP contribution in [0.1, 0.15) is 12.0 Å². The summed E-state index contributed by atoms with van der Waals surface area (Å²) >= 11 is 0. The van der Waals surface area contributed by atoms with Crippen molar-refractivity contribution < 1.29 is 23.9 Å². The number of nitriles is 1. The number of esters is 1. The number of amides is 2. The number of nitrogens with zero attached hydrogens (tertiary/aromatic N) is 2. The number of rotatable bonds is 5. The molecule has 2 aromatic carbocycles. The number of benzene rings is 2. The molecule has 1 aliphatic heterocycles. The number of hydrogen-bond acceptors (Lipinski definition) is 6. The normalized spacial score (nSPS) is 12.8. The fourth-order valence-corrected chi connectivity index (χ4v) is 2.64. The van der Waals surface area contributed by atoms with Crippen LogP contribution in [0, 0.1) is 11.3 Å². The fraction of sp³-hybridized carbons (Fsp3) is 0.200. The molecule has 2 aromatic rings. The maximum absolute atomic E-state index is 12.3. The number of hydrogen-bond donors (Lipinski definition) is 1. The molecule has 0 fully saturated rings. The first-order valence-electron chi connectivity index (χ1n) is 8.54. The largest absolute Gasteiger partial charge is 0.491 e. The van der Waals surface area contributed by atoms with Crippen molar-refractivity contribution in [2.45, 2.75) is 6.42 Å². The Kier molecular flexibility index (Phi) is 5.87. The van der Waals surface area contributed by atoms with Crippen LogP contribution < -0.4 is 15.0 Å². The molecule has 0 radical (unpaired) electrons. The first kappa shape index (κ1) is 18.9. The van der Waals surface area contributed by atoms with Crippen LogP contribution in [0.2, 0.25) is 0 Å². The number of carbonyl (C=O) groups excluding carboxylic acids is 3. The molecule has 0 saturated heterocycles. The van der Waals surface area contributed by atoms with Crippen molar-refractivity contribution in [3.8, 4) is 11.8 Å². The van der Waals surface area contributed by atoms with Crippen molar-refractivity contribution >= 4 is 29.2 Å². The Morgan fingerprint density at radius 1 is 1.18 bits per heavy atom. The second-order valence-corrected chi connectivity index (χ2v) is 5.94. The molecule has 0 atom stereocenters. The summed E-state index contributed by atoms with van der Waals surface area (Å²) in [5.74, 6) is -0.979. The Hall–Kier alpha value is -3.86. The Morgan fingerprint density at radius 2 is 1.93 bits per heavy atom. The SMILES string of the molecule is N#Cc1ccc(NC(=O)COC(=O)CN2C(=O)CCOc3ccccc32)cc1. The van der Waals surface area contributed by atoms with Crippen LogP contribution in [0.5, 0.6) is 5.75 Å². The van der Waals surface area contributed by atoms with Gasteiger partial charge < -0.3 is 14.8 Å². The van der Waals surface area contributed by atoms with Gasteiger partial charge in [-0.25, -0.2) is 0 Å². The monoisotopic (exact) mass is 379 g/mol. The highest BCUT2D eigenvalue weighted by Gasteiger charge is 2.25. The van der Waals surface area contributed by atoms with Crippen LogP contribution in [-0.2, 0) is 19.1 Å². The molecule has 2 amide bonds. The van der Waals surface area contributed by atoms with E-state index >= 15 is 0 Å². The molecule has 8 heteroatoms. The maximum Gasteiger partial charge on any atom is 0.326 e. The summed E-state index contributed by atoms with van der Waals surface area (Å²) in [5.41, 5.74) is 1.44. The number of fused-ring (bicyclic) bond motifs is 1. The van der Waals surface area contributed by atoms with Gasteiger partial charge in [-0.1, -0.05) is 12.1 Å². The Bertz CT molecular complexity index is 934. The zero-order valence-corrected chi connectivity index (χ0v) is 14.9. The summed E-state index contributed by atoms with van der Waals surface area (Å²) in [4.78, 5) is 37.6. The van der Waals surface area contributed by atoms with Gasteiger partial charge in [0.25, 0.3) is 5.91 Å². The van der Waals surface area contributed by atoms with Crippen molar-refractivity contribution in [1.82, 2.24) is 0 Å². The molecule has 0 bridgehead atoms. The van der Waals surface area contributed by atoms with Crippen molar-refractivity contribution in [3.05, 3.63) is 54.1 Å². The van der Waals surface area contributed by atoms with Gasteiger partial charge in [-0.05, 0) is 36.4 Å². The average Bonchev–Trinajstić information content (AvgIpc) is 2.86.